The highest BCUT2D eigenvalue weighted by Gasteiger charge is 2.22. The van der Waals surface area contributed by atoms with E-state index in [9.17, 15) is 4.79 Å². The van der Waals surface area contributed by atoms with Crippen molar-refractivity contribution in [2.45, 2.75) is 33.3 Å². The number of carbonyl (C=O) groups excluding carboxylic acids is 1. The minimum absolute atomic E-state index is 0.0271. The molecule has 24 heavy (non-hydrogen) atoms. The summed E-state index contributed by atoms with van der Waals surface area (Å²) in [6.07, 6.45) is 2.14. The molecule has 0 N–H and O–H groups in total. The van der Waals surface area contributed by atoms with Gasteiger partial charge in [-0.3, -0.25) is 4.79 Å². The summed E-state index contributed by atoms with van der Waals surface area (Å²) in [6.45, 7) is 6.28. The number of benzene rings is 1. The highest BCUT2D eigenvalue weighted by Crippen LogP contribution is 2.18. The maximum absolute atomic E-state index is 12.6. The van der Waals surface area contributed by atoms with E-state index in [1.807, 2.05) is 48.2 Å². The van der Waals surface area contributed by atoms with Crippen LogP contribution in [0.2, 0.25) is 0 Å². The number of rotatable bonds is 4. The Hall–Kier alpha value is -2.36. The Bertz CT molecular complexity index is 706. The van der Waals surface area contributed by atoms with Crippen molar-refractivity contribution < 1.29 is 9.53 Å². The number of ether oxygens (including phenoxy) is 1. The van der Waals surface area contributed by atoms with Crippen LogP contribution in [0.5, 0.6) is 5.75 Å². The van der Waals surface area contributed by atoms with E-state index in [2.05, 4.69) is 11.9 Å². The normalized spacial score (nSPS) is 15.3. The molecule has 0 unspecified atom stereocenters. The minimum atomic E-state index is 0.0271. The average Bonchev–Trinajstić information content (AvgIpc) is 2.60. The largest absolute Gasteiger partial charge is 0.487 e. The average molecular weight is 324 g/mol. The van der Waals surface area contributed by atoms with E-state index >= 15 is 0 Å². The number of piperidine rings is 1. The molecule has 1 fully saturated rings. The van der Waals surface area contributed by atoms with Gasteiger partial charge in [0.25, 0.3) is 5.91 Å². The van der Waals surface area contributed by atoms with Crippen LogP contribution in [0, 0.1) is 12.8 Å². The first-order valence-electron chi connectivity index (χ1n) is 8.56. The van der Waals surface area contributed by atoms with E-state index in [-0.39, 0.29) is 5.91 Å². The molecule has 0 spiro atoms. The summed E-state index contributed by atoms with van der Waals surface area (Å²) in [6, 6.07) is 13.5. The van der Waals surface area contributed by atoms with Crippen LogP contribution in [0.25, 0.3) is 0 Å². The molecule has 1 aliphatic rings. The van der Waals surface area contributed by atoms with E-state index in [4.69, 9.17) is 4.74 Å². The van der Waals surface area contributed by atoms with E-state index in [0.29, 0.717) is 18.2 Å². The third-order valence-corrected chi connectivity index (χ3v) is 4.47. The Morgan fingerprint density at radius 2 is 1.96 bits per heavy atom. The van der Waals surface area contributed by atoms with Gasteiger partial charge in [-0.15, -0.1) is 0 Å². The van der Waals surface area contributed by atoms with Gasteiger partial charge in [-0.25, -0.2) is 4.98 Å². The van der Waals surface area contributed by atoms with Gasteiger partial charge in [-0.1, -0.05) is 25.1 Å². The van der Waals surface area contributed by atoms with Crippen molar-refractivity contribution >= 4 is 5.91 Å². The van der Waals surface area contributed by atoms with Crippen LogP contribution in [-0.2, 0) is 6.61 Å². The first kappa shape index (κ1) is 16.5. The van der Waals surface area contributed by atoms with Gasteiger partial charge < -0.3 is 9.64 Å². The molecular weight excluding hydrogens is 300 g/mol. The van der Waals surface area contributed by atoms with Gasteiger partial charge in [-0.05, 0) is 55.5 Å². The molecule has 126 valence electrons. The lowest BCUT2D eigenvalue weighted by molar-refractivity contribution is 0.0690. The van der Waals surface area contributed by atoms with Crippen LogP contribution in [0.4, 0.5) is 0 Å². The quantitative estimate of drug-likeness (QED) is 0.858. The molecule has 1 aromatic heterocycles. The molecule has 0 radical (unpaired) electrons. The predicted octanol–water partition coefficient (Wildman–Crippen LogP) is 3.84. The van der Waals surface area contributed by atoms with Crippen molar-refractivity contribution in [2.24, 2.45) is 5.92 Å². The Morgan fingerprint density at radius 1 is 1.21 bits per heavy atom. The second kappa shape index (κ2) is 7.47. The van der Waals surface area contributed by atoms with Crippen molar-refractivity contribution in [3.8, 4) is 5.75 Å². The summed E-state index contributed by atoms with van der Waals surface area (Å²) in [5, 5.41) is 0. The number of pyridine rings is 1. The summed E-state index contributed by atoms with van der Waals surface area (Å²) >= 11 is 0. The van der Waals surface area contributed by atoms with Crippen molar-refractivity contribution in [1.82, 2.24) is 9.88 Å². The SMILES string of the molecule is Cc1cccc(OCc2cccc(C(=O)N3CCC(C)CC3)n2)c1. The zero-order chi connectivity index (χ0) is 16.9. The second-order valence-corrected chi connectivity index (χ2v) is 6.59. The van der Waals surface area contributed by atoms with Crippen LogP contribution < -0.4 is 4.74 Å². The van der Waals surface area contributed by atoms with Crippen LogP contribution in [-0.4, -0.2) is 28.9 Å². The molecular formula is C20H24N2O2. The van der Waals surface area contributed by atoms with Gasteiger partial charge in [0.15, 0.2) is 0 Å². The van der Waals surface area contributed by atoms with Crippen molar-refractivity contribution in [1.29, 1.82) is 0 Å². The number of amides is 1. The fourth-order valence-corrected chi connectivity index (χ4v) is 2.92. The third-order valence-electron chi connectivity index (χ3n) is 4.47. The molecule has 1 aromatic carbocycles. The van der Waals surface area contributed by atoms with Crippen molar-refractivity contribution in [3.63, 3.8) is 0 Å². The van der Waals surface area contributed by atoms with Gasteiger partial charge in [-0.2, -0.15) is 0 Å². The topological polar surface area (TPSA) is 42.4 Å². The minimum Gasteiger partial charge on any atom is -0.487 e. The Kier molecular flexibility index (Phi) is 5.14. The lowest BCUT2D eigenvalue weighted by atomic mass is 9.99. The lowest BCUT2D eigenvalue weighted by Gasteiger charge is -2.30. The number of aromatic nitrogens is 1. The molecule has 1 aliphatic heterocycles. The van der Waals surface area contributed by atoms with Gasteiger partial charge >= 0.3 is 0 Å². The molecule has 0 saturated carbocycles. The molecule has 1 saturated heterocycles. The van der Waals surface area contributed by atoms with Crippen LogP contribution >= 0.6 is 0 Å². The lowest BCUT2D eigenvalue weighted by Crippen LogP contribution is -2.38. The number of carbonyl (C=O) groups is 1. The van der Waals surface area contributed by atoms with Gasteiger partial charge in [0, 0.05) is 13.1 Å². The van der Waals surface area contributed by atoms with Crippen LogP contribution in [0.15, 0.2) is 42.5 Å². The Balaban J connectivity index is 1.64. The number of likely N-dealkylation sites (tertiary alicyclic amines) is 1. The summed E-state index contributed by atoms with van der Waals surface area (Å²) in [4.78, 5) is 19.0. The molecule has 3 rings (SSSR count). The standard InChI is InChI=1S/C20H24N2O2/c1-15-9-11-22(12-10-15)20(23)19-8-4-6-17(21-19)14-24-18-7-3-5-16(2)13-18/h3-8,13,15H,9-12,14H2,1-2H3. The fraction of sp³-hybridized carbons (Fsp3) is 0.400. The monoisotopic (exact) mass is 324 g/mol. The van der Waals surface area contributed by atoms with Gasteiger partial charge in [0.1, 0.15) is 18.1 Å². The molecule has 4 nitrogen and oxygen atoms in total. The zero-order valence-electron chi connectivity index (χ0n) is 14.4. The third kappa shape index (κ3) is 4.13. The van der Waals surface area contributed by atoms with E-state index in [1.165, 1.54) is 0 Å². The zero-order valence-corrected chi connectivity index (χ0v) is 14.4. The maximum atomic E-state index is 12.6. The number of aryl methyl sites for hydroxylation is 1. The molecule has 4 heteroatoms. The molecule has 0 aliphatic carbocycles. The predicted molar refractivity (Wildman–Crippen MR) is 94.0 cm³/mol. The highest BCUT2D eigenvalue weighted by molar-refractivity contribution is 5.92. The molecule has 0 bridgehead atoms. The number of hydrogen-bond donors (Lipinski definition) is 0. The Morgan fingerprint density at radius 3 is 2.71 bits per heavy atom. The smallest absolute Gasteiger partial charge is 0.272 e. The van der Waals surface area contributed by atoms with Crippen molar-refractivity contribution in [3.05, 3.63) is 59.4 Å². The Labute approximate surface area is 143 Å². The summed E-state index contributed by atoms with van der Waals surface area (Å²) in [7, 11) is 0. The van der Waals surface area contributed by atoms with E-state index < -0.39 is 0 Å². The molecule has 0 atom stereocenters. The van der Waals surface area contributed by atoms with Gasteiger partial charge in [0.05, 0.1) is 5.69 Å². The molecule has 1 amide bonds. The number of hydrogen-bond acceptors (Lipinski definition) is 3. The highest BCUT2D eigenvalue weighted by atomic mass is 16.5. The fourth-order valence-electron chi connectivity index (χ4n) is 2.92. The van der Waals surface area contributed by atoms with E-state index in [1.54, 1.807) is 6.07 Å². The molecule has 2 heterocycles. The maximum Gasteiger partial charge on any atom is 0.272 e. The summed E-state index contributed by atoms with van der Waals surface area (Å²) in [5.74, 6) is 1.55. The first-order chi connectivity index (χ1) is 11.6. The first-order valence-corrected chi connectivity index (χ1v) is 8.56. The number of nitrogens with zero attached hydrogens (tertiary/aromatic N) is 2. The summed E-state index contributed by atoms with van der Waals surface area (Å²) in [5.41, 5.74) is 2.44. The van der Waals surface area contributed by atoms with Crippen LogP contribution in [0.1, 0.15) is 41.5 Å². The van der Waals surface area contributed by atoms with Gasteiger partial charge in [0.2, 0.25) is 0 Å². The molecule has 2 aromatic rings. The van der Waals surface area contributed by atoms with E-state index in [0.717, 1.165) is 42.9 Å². The van der Waals surface area contributed by atoms with Crippen LogP contribution in [0.3, 0.4) is 0 Å². The summed E-state index contributed by atoms with van der Waals surface area (Å²) < 4.78 is 5.78. The second-order valence-electron chi connectivity index (χ2n) is 6.59. The van der Waals surface area contributed by atoms with Crippen molar-refractivity contribution in [2.75, 3.05) is 13.1 Å².